The Kier molecular flexibility index (Phi) is 5.47. The van der Waals surface area contributed by atoms with Crippen LogP contribution in [-0.4, -0.2) is 20.8 Å². The maximum Gasteiger partial charge on any atom is 0.276 e. The topological polar surface area (TPSA) is 47.8 Å². The van der Waals surface area contributed by atoms with Gasteiger partial charge in [-0.3, -0.25) is 9.36 Å². The molecule has 6 rings (SSSR count). The molecule has 0 spiro atoms. The summed E-state index contributed by atoms with van der Waals surface area (Å²) in [6, 6.07) is 30.5. The summed E-state index contributed by atoms with van der Waals surface area (Å²) in [5, 5.41) is 1.59. The molecule has 6 aromatic rings. The van der Waals surface area contributed by atoms with Crippen LogP contribution < -0.4 is 5.56 Å². The van der Waals surface area contributed by atoms with E-state index in [1.54, 1.807) is 4.57 Å². The van der Waals surface area contributed by atoms with Crippen molar-refractivity contribution < 1.29 is 0 Å². The molecule has 0 aliphatic rings. The zero-order valence-corrected chi connectivity index (χ0v) is 20.9. The second kappa shape index (κ2) is 8.80. The third-order valence-electron chi connectivity index (χ3n) is 6.06. The highest BCUT2D eigenvalue weighted by atomic mass is 32.2. The second-order valence-corrected chi connectivity index (χ2v) is 10.1. The molecule has 0 radical (unpaired) electrons. The van der Waals surface area contributed by atoms with Crippen molar-refractivity contribution in [2.24, 2.45) is 0 Å². The smallest absolute Gasteiger partial charge is 0.267 e. The number of aryl methyl sites for hydroxylation is 1. The molecule has 0 fully saturated rings. The first-order valence-corrected chi connectivity index (χ1v) is 13.3. The van der Waals surface area contributed by atoms with Crippen molar-refractivity contribution in [2.45, 2.75) is 12.1 Å². The number of hydrogen-bond donors (Lipinski definition) is 0. The normalized spacial score (nSPS) is 11.4. The van der Waals surface area contributed by atoms with Gasteiger partial charge in [0.15, 0.2) is 5.16 Å². The van der Waals surface area contributed by atoms with Gasteiger partial charge >= 0.3 is 0 Å². The Morgan fingerprint density at radius 1 is 0.829 bits per heavy atom. The quantitative estimate of drug-likeness (QED) is 0.191. The summed E-state index contributed by atoms with van der Waals surface area (Å²) >= 11 is 2.89. The molecule has 4 nitrogen and oxygen atoms in total. The van der Waals surface area contributed by atoms with Gasteiger partial charge in [-0.2, -0.15) is 0 Å². The number of nitrogens with zero attached hydrogens (tertiary/aromatic N) is 3. The minimum atomic E-state index is -0.0653. The van der Waals surface area contributed by atoms with Gasteiger partial charge in [-0.15, -0.1) is 11.3 Å². The lowest BCUT2D eigenvalue weighted by Gasteiger charge is -2.11. The van der Waals surface area contributed by atoms with E-state index in [4.69, 9.17) is 9.97 Å². The van der Waals surface area contributed by atoms with E-state index in [0.717, 1.165) is 38.3 Å². The van der Waals surface area contributed by atoms with E-state index in [-0.39, 0.29) is 5.56 Å². The number of rotatable bonds is 4. The number of fused-ring (bicyclic) bond motifs is 3. The standard InChI is InChI=1S/C29H21N3OS2/c1-18-13-15-20(16-14-18)23-17-22(19-9-5-3-6-10-19)24-25-26(35-27(24)30-23)28(33)32(29(31-25)34-2)21-11-7-4-8-12-21/h3-17H,1-2H3. The van der Waals surface area contributed by atoms with Crippen LogP contribution in [0.15, 0.2) is 101 Å². The molecule has 6 heteroatoms. The van der Waals surface area contributed by atoms with Gasteiger partial charge in [0.05, 0.1) is 16.9 Å². The summed E-state index contributed by atoms with van der Waals surface area (Å²) < 4.78 is 2.32. The summed E-state index contributed by atoms with van der Waals surface area (Å²) in [4.78, 5) is 24.7. The minimum absolute atomic E-state index is 0.0653. The summed E-state index contributed by atoms with van der Waals surface area (Å²) in [6.07, 6.45) is 1.95. The van der Waals surface area contributed by atoms with Crippen LogP contribution in [0.1, 0.15) is 5.56 Å². The van der Waals surface area contributed by atoms with Gasteiger partial charge in [0.2, 0.25) is 0 Å². The largest absolute Gasteiger partial charge is 0.276 e. The SMILES string of the molecule is CSc1nc2c(sc3nc(-c4ccc(C)cc4)cc(-c4ccccc4)c32)c(=O)n1-c1ccccc1. The molecule has 0 aliphatic heterocycles. The van der Waals surface area contributed by atoms with Crippen molar-refractivity contribution in [3.8, 4) is 28.1 Å². The average molecular weight is 492 g/mol. The number of pyridine rings is 1. The summed E-state index contributed by atoms with van der Waals surface area (Å²) in [5.41, 5.74) is 6.71. The molecule has 3 heterocycles. The van der Waals surface area contributed by atoms with Gasteiger partial charge in [0.25, 0.3) is 5.56 Å². The Morgan fingerprint density at radius 3 is 2.20 bits per heavy atom. The molecule has 0 amide bonds. The van der Waals surface area contributed by atoms with E-state index in [1.165, 1.54) is 28.7 Å². The van der Waals surface area contributed by atoms with E-state index in [1.807, 2.05) is 54.8 Å². The Labute approximate surface area is 210 Å². The van der Waals surface area contributed by atoms with Crippen LogP contribution >= 0.6 is 23.1 Å². The van der Waals surface area contributed by atoms with Crippen molar-refractivity contribution >= 4 is 43.5 Å². The van der Waals surface area contributed by atoms with Gasteiger partial charge in [-0.05, 0) is 42.5 Å². The highest BCUT2D eigenvalue weighted by Crippen LogP contribution is 2.40. The molecule has 3 aromatic carbocycles. The molecule has 0 unspecified atom stereocenters. The van der Waals surface area contributed by atoms with Crippen LogP contribution in [0.4, 0.5) is 0 Å². The highest BCUT2D eigenvalue weighted by Gasteiger charge is 2.21. The molecule has 0 atom stereocenters. The molecule has 3 aromatic heterocycles. The number of para-hydroxylation sites is 1. The summed E-state index contributed by atoms with van der Waals surface area (Å²) in [6.45, 7) is 2.08. The maximum atomic E-state index is 13.8. The molecule has 0 bridgehead atoms. The monoisotopic (exact) mass is 491 g/mol. The van der Waals surface area contributed by atoms with E-state index < -0.39 is 0 Å². The lowest BCUT2D eigenvalue weighted by atomic mass is 9.99. The third-order valence-corrected chi connectivity index (χ3v) is 7.76. The van der Waals surface area contributed by atoms with Gasteiger partial charge in [0, 0.05) is 10.9 Å². The fraction of sp³-hybridized carbons (Fsp3) is 0.0690. The first kappa shape index (κ1) is 21.8. The van der Waals surface area contributed by atoms with E-state index in [2.05, 4.69) is 49.4 Å². The number of thiophene rings is 1. The highest BCUT2D eigenvalue weighted by molar-refractivity contribution is 7.98. The van der Waals surface area contributed by atoms with Crippen molar-refractivity contribution in [3.63, 3.8) is 0 Å². The van der Waals surface area contributed by atoms with E-state index in [0.29, 0.717) is 15.4 Å². The maximum absolute atomic E-state index is 13.8. The lowest BCUT2D eigenvalue weighted by Crippen LogP contribution is -2.20. The number of thioether (sulfide) groups is 1. The molecule has 0 aliphatic carbocycles. The fourth-order valence-electron chi connectivity index (χ4n) is 4.33. The Morgan fingerprint density at radius 2 is 1.51 bits per heavy atom. The van der Waals surface area contributed by atoms with Crippen molar-refractivity contribution in [1.82, 2.24) is 14.5 Å². The Balaban J connectivity index is 1.72. The lowest BCUT2D eigenvalue weighted by molar-refractivity contribution is 0.825. The predicted octanol–water partition coefficient (Wildman–Crippen LogP) is 7.36. The third kappa shape index (κ3) is 3.75. The Hall–Kier alpha value is -3.74. The zero-order valence-electron chi connectivity index (χ0n) is 19.2. The van der Waals surface area contributed by atoms with E-state index >= 15 is 0 Å². The molecule has 35 heavy (non-hydrogen) atoms. The minimum Gasteiger partial charge on any atom is -0.267 e. The number of hydrogen-bond acceptors (Lipinski definition) is 5. The van der Waals surface area contributed by atoms with Crippen LogP contribution in [-0.2, 0) is 0 Å². The van der Waals surface area contributed by atoms with Crippen LogP contribution in [0, 0.1) is 6.92 Å². The van der Waals surface area contributed by atoms with Gasteiger partial charge in [-0.1, -0.05) is 90.1 Å². The van der Waals surface area contributed by atoms with Crippen LogP contribution in [0.3, 0.4) is 0 Å². The van der Waals surface area contributed by atoms with Crippen molar-refractivity contribution in [2.75, 3.05) is 6.26 Å². The first-order chi connectivity index (χ1) is 17.1. The van der Waals surface area contributed by atoms with Gasteiger partial charge < -0.3 is 0 Å². The predicted molar refractivity (Wildman–Crippen MR) is 148 cm³/mol. The second-order valence-electron chi connectivity index (χ2n) is 8.32. The first-order valence-electron chi connectivity index (χ1n) is 11.3. The average Bonchev–Trinajstić information content (AvgIpc) is 3.28. The van der Waals surface area contributed by atoms with Crippen LogP contribution in [0.2, 0.25) is 0 Å². The molecular formula is C29H21N3OS2. The fourth-order valence-corrected chi connectivity index (χ4v) is 5.95. The van der Waals surface area contributed by atoms with Crippen LogP contribution in [0.25, 0.3) is 48.5 Å². The summed E-state index contributed by atoms with van der Waals surface area (Å²) in [7, 11) is 0. The number of aromatic nitrogens is 3. The van der Waals surface area contributed by atoms with E-state index in [9.17, 15) is 4.79 Å². The van der Waals surface area contributed by atoms with Gasteiger partial charge in [-0.25, -0.2) is 9.97 Å². The van der Waals surface area contributed by atoms with Gasteiger partial charge in [0.1, 0.15) is 9.53 Å². The molecule has 170 valence electrons. The summed E-state index contributed by atoms with van der Waals surface area (Å²) in [5.74, 6) is 0. The van der Waals surface area contributed by atoms with Crippen LogP contribution in [0.5, 0.6) is 0 Å². The molecule has 0 saturated carbocycles. The van der Waals surface area contributed by atoms with Crippen molar-refractivity contribution in [1.29, 1.82) is 0 Å². The number of benzene rings is 3. The molecule has 0 saturated heterocycles. The Bertz CT molecular complexity index is 1740. The zero-order chi connectivity index (χ0) is 23.9. The molecule has 0 N–H and O–H groups in total. The van der Waals surface area contributed by atoms with Crippen molar-refractivity contribution in [3.05, 3.63) is 107 Å². The molecular weight excluding hydrogens is 470 g/mol.